The van der Waals surface area contributed by atoms with Gasteiger partial charge in [-0.15, -0.1) is 0 Å². The number of amides is 3. The second kappa shape index (κ2) is 25.0. The van der Waals surface area contributed by atoms with Crippen LogP contribution >= 0.6 is 0 Å². The smallest absolute Gasteiger partial charge is 0.317 e. The number of carbonyl (C=O) groups is 5. The van der Waals surface area contributed by atoms with Gasteiger partial charge in [0, 0.05) is 89.3 Å². The average molecular weight is 841 g/mol. The number of aromatic amines is 1. The number of aromatic nitrogens is 4. The summed E-state index contributed by atoms with van der Waals surface area (Å²) >= 11 is 0. The van der Waals surface area contributed by atoms with Crippen molar-refractivity contribution in [2.24, 2.45) is 0 Å². The summed E-state index contributed by atoms with van der Waals surface area (Å²) in [5.41, 5.74) is 7.03. The summed E-state index contributed by atoms with van der Waals surface area (Å²) in [5.74, 6) is -2.57. The van der Waals surface area contributed by atoms with Gasteiger partial charge in [-0.3, -0.25) is 48.5 Å². The molecule has 0 bridgehead atoms. The predicted octanol–water partition coefficient (Wildman–Crippen LogP) is -1.45. The van der Waals surface area contributed by atoms with Gasteiger partial charge in [0.1, 0.15) is 0 Å². The zero-order valence-corrected chi connectivity index (χ0v) is 33.8. The minimum Gasteiger partial charge on any atom is -0.480 e. The number of nitrogens with one attached hydrogen (secondary N) is 5. The molecule has 0 unspecified atom stereocenters. The first-order valence-corrected chi connectivity index (χ1v) is 19.8. The molecule has 1 aliphatic heterocycles. The highest BCUT2D eigenvalue weighted by molar-refractivity contribution is 5.94. The lowest BCUT2D eigenvalue weighted by Gasteiger charge is -2.24. The molecule has 1 aromatic carbocycles. The number of benzene rings is 1. The monoisotopic (exact) mass is 840 g/mol. The molecule has 2 aromatic heterocycles. The fourth-order valence-electron chi connectivity index (χ4n) is 6.10. The average Bonchev–Trinajstić information content (AvgIpc) is 3.28. The van der Waals surface area contributed by atoms with Gasteiger partial charge in [0.15, 0.2) is 11.2 Å². The van der Waals surface area contributed by atoms with E-state index in [1.54, 1.807) is 34.1 Å². The number of carbonyl (C=O) groups excluding carboxylic acids is 3. The minimum atomic E-state index is -0.960. The lowest BCUT2D eigenvalue weighted by atomic mass is 10.1. The minimum absolute atomic E-state index is 0.0345. The van der Waals surface area contributed by atoms with Crippen molar-refractivity contribution < 1.29 is 43.7 Å². The lowest BCUT2D eigenvalue weighted by molar-refractivity contribution is -0.140. The van der Waals surface area contributed by atoms with E-state index < -0.39 is 17.5 Å². The number of H-pyrrole nitrogens is 1. The number of nitrogen functional groups attached to an aromatic ring is 1. The Bertz CT molecular complexity index is 1900. The standard InChI is InChI=1S/C38H56N12O10/c1-26(44-36(57)27-4-6-28(7-5-27)42-21-29-22-43-35-34(45-29)37(58)47-38(39)46-35)3-8-30(51)40-9-19-59-17-2-18-60-20-10-41-31(52)23-48-11-13-49(24-32(53)54)15-16-50(14-12-48)25-33(55)56/h4-7,22,26,42H,2-3,8-21,23-25H2,1H3,(H,40,51)(H,41,52)(H,44,57)(H,53,54)(H,55,56)(H3,39,43,46,47,58)/t26-/m1/s1. The Morgan fingerprint density at radius 3 is 1.97 bits per heavy atom. The van der Waals surface area contributed by atoms with Crippen LogP contribution in [0.4, 0.5) is 11.6 Å². The largest absolute Gasteiger partial charge is 0.480 e. The Morgan fingerprint density at radius 2 is 1.38 bits per heavy atom. The van der Waals surface area contributed by atoms with Crippen molar-refractivity contribution in [3.63, 3.8) is 0 Å². The molecule has 22 heteroatoms. The molecule has 3 aromatic rings. The van der Waals surface area contributed by atoms with Gasteiger partial charge in [0.2, 0.25) is 17.8 Å². The highest BCUT2D eigenvalue weighted by atomic mass is 16.5. The molecule has 0 aliphatic carbocycles. The van der Waals surface area contributed by atoms with Crippen molar-refractivity contribution in [1.29, 1.82) is 0 Å². The van der Waals surface area contributed by atoms with Gasteiger partial charge < -0.3 is 46.7 Å². The van der Waals surface area contributed by atoms with E-state index in [0.29, 0.717) is 103 Å². The predicted molar refractivity (Wildman–Crippen MR) is 219 cm³/mol. The molecule has 4 rings (SSSR count). The normalized spacial score (nSPS) is 14.7. The molecule has 0 saturated carbocycles. The van der Waals surface area contributed by atoms with Crippen molar-refractivity contribution in [1.82, 2.24) is 50.6 Å². The molecule has 0 radical (unpaired) electrons. The van der Waals surface area contributed by atoms with Crippen LogP contribution in [0.1, 0.15) is 42.2 Å². The topological polar surface area (TPSA) is 300 Å². The fourth-order valence-corrected chi connectivity index (χ4v) is 6.10. The lowest BCUT2D eigenvalue weighted by Crippen LogP contribution is -2.43. The molecule has 328 valence electrons. The van der Waals surface area contributed by atoms with Crippen LogP contribution in [0.15, 0.2) is 35.3 Å². The Morgan fingerprint density at radius 1 is 0.817 bits per heavy atom. The van der Waals surface area contributed by atoms with E-state index in [0.717, 1.165) is 5.69 Å². The van der Waals surface area contributed by atoms with E-state index in [1.807, 2.05) is 11.8 Å². The van der Waals surface area contributed by atoms with Crippen LogP contribution in [0.3, 0.4) is 0 Å². The third-order valence-electron chi connectivity index (χ3n) is 9.29. The molecular weight excluding hydrogens is 784 g/mol. The summed E-state index contributed by atoms with van der Waals surface area (Å²) in [6.07, 6.45) is 2.81. The van der Waals surface area contributed by atoms with Crippen LogP contribution in [-0.2, 0) is 35.2 Å². The maximum absolute atomic E-state index is 12.8. The van der Waals surface area contributed by atoms with Crippen LogP contribution in [0, 0.1) is 0 Å². The summed E-state index contributed by atoms with van der Waals surface area (Å²) in [7, 11) is 0. The number of anilines is 2. The van der Waals surface area contributed by atoms with E-state index >= 15 is 0 Å². The van der Waals surface area contributed by atoms with Gasteiger partial charge in [-0.25, -0.2) is 9.97 Å². The summed E-state index contributed by atoms with van der Waals surface area (Å²) < 4.78 is 11.1. The second-order valence-electron chi connectivity index (χ2n) is 14.2. The molecule has 0 spiro atoms. The number of fused-ring (bicyclic) bond motifs is 1. The Balaban J connectivity index is 0.988. The molecule has 3 amide bonds. The van der Waals surface area contributed by atoms with E-state index in [2.05, 4.69) is 41.2 Å². The first-order valence-electron chi connectivity index (χ1n) is 19.8. The number of aliphatic carboxylic acids is 2. The van der Waals surface area contributed by atoms with E-state index in [-0.39, 0.29) is 73.5 Å². The summed E-state index contributed by atoms with van der Waals surface area (Å²) in [4.78, 5) is 92.4. The molecule has 1 fully saturated rings. The highest BCUT2D eigenvalue weighted by Gasteiger charge is 2.21. The molecule has 1 aliphatic rings. The first kappa shape index (κ1) is 46.9. The number of rotatable bonds is 24. The maximum atomic E-state index is 12.8. The maximum Gasteiger partial charge on any atom is 0.317 e. The van der Waals surface area contributed by atoms with Gasteiger partial charge in [-0.2, -0.15) is 4.98 Å². The zero-order valence-electron chi connectivity index (χ0n) is 33.8. The summed E-state index contributed by atoms with van der Waals surface area (Å²) in [5, 5.41) is 30.1. The summed E-state index contributed by atoms with van der Waals surface area (Å²) in [6.45, 7) is 6.80. The van der Waals surface area contributed by atoms with Crippen molar-refractivity contribution >= 4 is 52.5 Å². The third-order valence-corrected chi connectivity index (χ3v) is 9.29. The number of ether oxygens (including phenoxy) is 2. The Kier molecular flexibility index (Phi) is 19.5. The summed E-state index contributed by atoms with van der Waals surface area (Å²) in [6, 6.07) is 6.62. The van der Waals surface area contributed by atoms with Crippen LogP contribution in [0.2, 0.25) is 0 Å². The number of hydrogen-bond donors (Lipinski definition) is 8. The van der Waals surface area contributed by atoms with Gasteiger partial charge in [-0.05, 0) is 44.0 Å². The van der Waals surface area contributed by atoms with Gasteiger partial charge >= 0.3 is 11.9 Å². The number of carboxylic acid groups (broad SMARTS) is 2. The number of nitrogens with two attached hydrogens (primary N) is 1. The Hall–Kier alpha value is -5.81. The van der Waals surface area contributed by atoms with Gasteiger partial charge in [0.25, 0.3) is 11.5 Å². The molecule has 9 N–H and O–H groups in total. The van der Waals surface area contributed by atoms with Gasteiger partial charge in [0.05, 0.1) is 51.3 Å². The van der Waals surface area contributed by atoms with E-state index in [9.17, 15) is 39.0 Å². The van der Waals surface area contributed by atoms with Crippen molar-refractivity contribution in [3.8, 4) is 0 Å². The fraction of sp³-hybridized carbons (Fsp3) is 0.553. The highest BCUT2D eigenvalue weighted by Crippen LogP contribution is 2.12. The van der Waals surface area contributed by atoms with Crippen LogP contribution in [0.5, 0.6) is 0 Å². The molecule has 60 heavy (non-hydrogen) atoms. The van der Waals surface area contributed by atoms with Crippen molar-refractivity contribution in [2.75, 3.05) is 109 Å². The number of nitrogens with zero attached hydrogens (tertiary/aromatic N) is 6. The van der Waals surface area contributed by atoms with Gasteiger partial charge in [-0.1, -0.05) is 0 Å². The van der Waals surface area contributed by atoms with Crippen LogP contribution in [0.25, 0.3) is 11.2 Å². The molecule has 22 nitrogen and oxygen atoms in total. The van der Waals surface area contributed by atoms with E-state index in [1.165, 1.54) is 6.20 Å². The molecular formula is C38H56N12O10. The number of hydrogen-bond acceptors (Lipinski definition) is 16. The zero-order chi connectivity index (χ0) is 43.3. The number of carboxylic acids is 2. The van der Waals surface area contributed by atoms with Crippen LogP contribution in [-0.4, -0.2) is 179 Å². The first-order chi connectivity index (χ1) is 28.8. The Labute approximate surface area is 346 Å². The third kappa shape index (κ3) is 17.6. The van der Waals surface area contributed by atoms with E-state index in [4.69, 9.17) is 15.2 Å². The molecule has 3 heterocycles. The molecule has 1 atom stereocenters. The SMILES string of the molecule is C[C@H](CCC(=O)NCCOCCCOCCNC(=O)CN1CCN(CC(=O)O)CCN(CC(=O)O)CC1)NC(=O)c1ccc(NCc2cnc3nc(N)[nH]c(=O)c3n2)cc1. The quantitative estimate of drug-likeness (QED) is 0.0479. The molecule has 1 saturated heterocycles. The second-order valence-corrected chi connectivity index (χ2v) is 14.2. The van der Waals surface area contributed by atoms with Crippen molar-refractivity contribution in [3.05, 3.63) is 52.1 Å². The van der Waals surface area contributed by atoms with Crippen LogP contribution < -0.4 is 32.6 Å². The van der Waals surface area contributed by atoms with Crippen molar-refractivity contribution in [2.45, 2.75) is 38.8 Å².